The number of rotatable bonds is 2. The lowest BCUT2D eigenvalue weighted by molar-refractivity contribution is -0.384. The first-order valence-electron chi connectivity index (χ1n) is 5.52. The van der Waals surface area contributed by atoms with Gasteiger partial charge in [-0.1, -0.05) is 12.1 Å². The second-order valence-electron chi connectivity index (χ2n) is 4.14. The van der Waals surface area contributed by atoms with Crippen molar-refractivity contribution in [2.24, 2.45) is 10.9 Å². The maximum Gasteiger partial charge on any atom is 0.341 e. The molecule has 0 aliphatic carbocycles. The van der Waals surface area contributed by atoms with Gasteiger partial charge in [0.25, 0.3) is 5.69 Å². The van der Waals surface area contributed by atoms with Crippen LogP contribution in [0.1, 0.15) is 18.5 Å². The fraction of sp³-hybridized carbons (Fsp3) is 0.250. The molecule has 0 fully saturated rings. The van der Waals surface area contributed by atoms with Gasteiger partial charge in [-0.2, -0.15) is 5.26 Å². The number of carbonyl (C=O) groups is 1. The second kappa shape index (κ2) is 4.86. The summed E-state index contributed by atoms with van der Waals surface area (Å²) in [6, 6.07) is 6.77. The largest absolute Gasteiger partial charge is 0.341 e. The Morgan fingerprint density at radius 1 is 1.53 bits per heavy atom. The third-order valence-corrected chi connectivity index (χ3v) is 2.92. The standard InChI is InChI=1S/C12H10N4O3/c1-7-10(6-13)11(15-12(17)14-7)8-3-2-4-9(5-8)16(18)19/h2-5,10-11H,1H3,(H,15,17). The van der Waals surface area contributed by atoms with E-state index in [1.54, 1.807) is 13.0 Å². The highest BCUT2D eigenvalue weighted by Crippen LogP contribution is 2.28. The van der Waals surface area contributed by atoms with E-state index in [1.807, 2.05) is 0 Å². The number of aliphatic imine (C=N–C) groups is 1. The van der Waals surface area contributed by atoms with E-state index in [2.05, 4.69) is 16.4 Å². The Kier molecular flexibility index (Phi) is 3.25. The van der Waals surface area contributed by atoms with Crippen molar-refractivity contribution in [3.05, 3.63) is 39.9 Å². The minimum Gasteiger partial charge on any atom is -0.328 e. The highest BCUT2D eigenvalue weighted by atomic mass is 16.6. The maximum atomic E-state index is 11.4. The normalized spacial score (nSPS) is 22.1. The Labute approximate surface area is 108 Å². The number of nitrogens with zero attached hydrogens (tertiary/aromatic N) is 3. The molecule has 0 saturated carbocycles. The number of hydrogen-bond donors (Lipinski definition) is 1. The van der Waals surface area contributed by atoms with Crippen molar-refractivity contribution < 1.29 is 9.72 Å². The van der Waals surface area contributed by atoms with Gasteiger partial charge in [0.15, 0.2) is 0 Å². The van der Waals surface area contributed by atoms with E-state index in [-0.39, 0.29) is 5.69 Å². The Morgan fingerprint density at radius 2 is 2.26 bits per heavy atom. The predicted octanol–water partition coefficient (Wildman–Crippen LogP) is 1.96. The molecule has 2 rings (SSSR count). The fourth-order valence-electron chi connectivity index (χ4n) is 2.00. The molecule has 2 unspecified atom stereocenters. The molecule has 1 N–H and O–H groups in total. The van der Waals surface area contributed by atoms with E-state index < -0.39 is 22.9 Å². The molecule has 0 bridgehead atoms. The number of nitro benzene ring substituents is 1. The fourth-order valence-corrected chi connectivity index (χ4v) is 2.00. The van der Waals surface area contributed by atoms with Crippen LogP contribution in [0.15, 0.2) is 29.3 Å². The quantitative estimate of drug-likeness (QED) is 0.645. The monoisotopic (exact) mass is 258 g/mol. The highest BCUT2D eigenvalue weighted by molar-refractivity contribution is 5.99. The zero-order chi connectivity index (χ0) is 14.0. The molecule has 0 saturated heterocycles. The summed E-state index contributed by atoms with van der Waals surface area (Å²) in [6.07, 6.45) is 0. The van der Waals surface area contributed by atoms with Gasteiger partial charge in [0.05, 0.1) is 17.0 Å². The van der Waals surface area contributed by atoms with Crippen LogP contribution in [0, 0.1) is 27.4 Å². The molecule has 0 aromatic heterocycles. The van der Waals surface area contributed by atoms with Crippen LogP contribution in [0.2, 0.25) is 0 Å². The lowest BCUT2D eigenvalue weighted by atomic mass is 9.89. The van der Waals surface area contributed by atoms with E-state index in [1.165, 1.54) is 18.2 Å². The predicted molar refractivity (Wildman–Crippen MR) is 66.6 cm³/mol. The molecule has 96 valence electrons. The van der Waals surface area contributed by atoms with E-state index in [9.17, 15) is 14.9 Å². The summed E-state index contributed by atoms with van der Waals surface area (Å²) in [5.41, 5.74) is 0.842. The molecule has 2 amide bonds. The van der Waals surface area contributed by atoms with Crippen molar-refractivity contribution in [2.75, 3.05) is 0 Å². The van der Waals surface area contributed by atoms with Crippen LogP contribution in [-0.4, -0.2) is 16.7 Å². The molecule has 0 spiro atoms. The molecule has 19 heavy (non-hydrogen) atoms. The molecule has 1 aromatic carbocycles. The topological polar surface area (TPSA) is 108 Å². The van der Waals surface area contributed by atoms with E-state index in [0.29, 0.717) is 11.3 Å². The first kappa shape index (κ1) is 12.7. The summed E-state index contributed by atoms with van der Waals surface area (Å²) in [5, 5.41) is 22.4. The van der Waals surface area contributed by atoms with Crippen LogP contribution < -0.4 is 5.32 Å². The van der Waals surface area contributed by atoms with Gasteiger partial charge in [-0.15, -0.1) is 0 Å². The molecular formula is C12H10N4O3. The molecule has 0 radical (unpaired) electrons. The Morgan fingerprint density at radius 3 is 2.89 bits per heavy atom. The van der Waals surface area contributed by atoms with Crippen LogP contribution in [0.5, 0.6) is 0 Å². The lowest BCUT2D eigenvalue weighted by Crippen LogP contribution is -2.39. The number of carbonyl (C=O) groups excluding carboxylic acids is 1. The number of nitro groups is 1. The van der Waals surface area contributed by atoms with Gasteiger partial charge in [-0.05, 0) is 12.5 Å². The molecule has 1 aromatic rings. The average molecular weight is 258 g/mol. The van der Waals surface area contributed by atoms with Crippen LogP contribution >= 0.6 is 0 Å². The zero-order valence-corrected chi connectivity index (χ0v) is 10.0. The summed E-state index contributed by atoms with van der Waals surface area (Å²) in [6.45, 7) is 1.59. The van der Waals surface area contributed by atoms with Gasteiger partial charge in [0.1, 0.15) is 5.92 Å². The van der Waals surface area contributed by atoms with Crippen molar-refractivity contribution in [1.82, 2.24) is 5.32 Å². The van der Waals surface area contributed by atoms with Gasteiger partial charge >= 0.3 is 6.03 Å². The molecule has 1 aliphatic rings. The smallest absolute Gasteiger partial charge is 0.328 e. The first-order chi connectivity index (χ1) is 9.02. The number of urea groups is 1. The lowest BCUT2D eigenvalue weighted by Gasteiger charge is -2.26. The summed E-state index contributed by atoms with van der Waals surface area (Å²) >= 11 is 0. The van der Waals surface area contributed by atoms with Crippen molar-refractivity contribution >= 4 is 17.4 Å². The maximum absolute atomic E-state index is 11.4. The number of benzene rings is 1. The van der Waals surface area contributed by atoms with E-state index in [4.69, 9.17) is 5.26 Å². The van der Waals surface area contributed by atoms with Crippen LogP contribution in [0.25, 0.3) is 0 Å². The van der Waals surface area contributed by atoms with Gasteiger partial charge in [0.2, 0.25) is 0 Å². The zero-order valence-electron chi connectivity index (χ0n) is 10.0. The minimum atomic E-state index is -0.625. The average Bonchev–Trinajstić information content (AvgIpc) is 2.38. The highest BCUT2D eigenvalue weighted by Gasteiger charge is 2.32. The summed E-state index contributed by atoms with van der Waals surface area (Å²) in [5.74, 6) is -0.625. The Balaban J connectivity index is 2.43. The summed E-state index contributed by atoms with van der Waals surface area (Å²) in [4.78, 5) is 25.3. The van der Waals surface area contributed by atoms with Gasteiger partial charge in [-0.3, -0.25) is 10.1 Å². The molecular weight excluding hydrogens is 248 g/mol. The number of hydrogen-bond acceptors (Lipinski definition) is 4. The van der Waals surface area contributed by atoms with Crippen molar-refractivity contribution in [3.63, 3.8) is 0 Å². The minimum absolute atomic E-state index is 0.0800. The number of non-ortho nitro benzene ring substituents is 1. The SMILES string of the molecule is CC1=NC(=O)NC(c2cccc([N+](=O)[O-])c2)C1C#N. The summed E-state index contributed by atoms with van der Waals surface area (Å²) < 4.78 is 0. The Bertz CT molecular complexity index is 618. The van der Waals surface area contributed by atoms with E-state index >= 15 is 0 Å². The van der Waals surface area contributed by atoms with Gasteiger partial charge in [0, 0.05) is 17.8 Å². The molecule has 1 heterocycles. The number of nitrogens with one attached hydrogen (secondary N) is 1. The van der Waals surface area contributed by atoms with Crippen LogP contribution in [0.4, 0.5) is 10.5 Å². The van der Waals surface area contributed by atoms with Gasteiger partial charge < -0.3 is 5.32 Å². The van der Waals surface area contributed by atoms with Crippen molar-refractivity contribution in [1.29, 1.82) is 5.26 Å². The number of nitriles is 1. The summed E-state index contributed by atoms with van der Waals surface area (Å²) in [7, 11) is 0. The van der Waals surface area contributed by atoms with Crippen LogP contribution in [-0.2, 0) is 0 Å². The molecule has 7 nitrogen and oxygen atoms in total. The molecule has 1 aliphatic heterocycles. The van der Waals surface area contributed by atoms with Gasteiger partial charge in [-0.25, -0.2) is 9.79 Å². The first-order valence-corrected chi connectivity index (χ1v) is 5.52. The third-order valence-electron chi connectivity index (χ3n) is 2.92. The molecule has 2 atom stereocenters. The van der Waals surface area contributed by atoms with E-state index in [0.717, 1.165) is 0 Å². The van der Waals surface area contributed by atoms with Crippen molar-refractivity contribution in [3.8, 4) is 6.07 Å². The molecule has 7 heteroatoms. The third kappa shape index (κ3) is 2.42. The van der Waals surface area contributed by atoms with Crippen molar-refractivity contribution in [2.45, 2.75) is 13.0 Å². The number of amides is 2. The second-order valence-corrected chi connectivity index (χ2v) is 4.14. The Hall–Kier alpha value is -2.75. The van der Waals surface area contributed by atoms with Crippen LogP contribution in [0.3, 0.4) is 0 Å².